The molecule has 0 bridgehead atoms. The smallest absolute Gasteiger partial charge is 0.410 e. The summed E-state index contributed by atoms with van der Waals surface area (Å²) in [6, 6.07) is 0.378. The van der Waals surface area contributed by atoms with Gasteiger partial charge in [0, 0.05) is 31.6 Å². The van der Waals surface area contributed by atoms with Gasteiger partial charge in [-0.1, -0.05) is 12.8 Å². The lowest BCUT2D eigenvalue weighted by molar-refractivity contribution is 0.00627. The number of ether oxygens (including phenoxy) is 1. The van der Waals surface area contributed by atoms with Crippen molar-refractivity contribution in [3.63, 3.8) is 0 Å². The van der Waals surface area contributed by atoms with E-state index in [0.717, 1.165) is 32.5 Å². The number of carbonyl (C=O) groups is 1. The van der Waals surface area contributed by atoms with Crippen LogP contribution >= 0.6 is 0 Å². The van der Waals surface area contributed by atoms with Crippen molar-refractivity contribution in [2.45, 2.75) is 58.1 Å². The van der Waals surface area contributed by atoms with Crippen molar-refractivity contribution in [3.05, 3.63) is 0 Å². The van der Waals surface area contributed by atoms with Crippen molar-refractivity contribution >= 4 is 6.09 Å². The second kappa shape index (κ2) is 5.47. The molecule has 0 aromatic rings. The number of hydrogen-bond acceptors (Lipinski definition) is 3. The Balaban J connectivity index is 2.02. The van der Waals surface area contributed by atoms with Gasteiger partial charge in [0.25, 0.3) is 0 Å². The Morgan fingerprint density at radius 3 is 2.50 bits per heavy atom. The van der Waals surface area contributed by atoms with Gasteiger partial charge in [-0.2, -0.15) is 0 Å². The minimum absolute atomic E-state index is 0.124. The van der Waals surface area contributed by atoms with E-state index in [0.29, 0.717) is 12.0 Å². The predicted octanol–water partition coefficient (Wildman–Crippen LogP) is 2.39. The van der Waals surface area contributed by atoms with E-state index in [9.17, 15) is 4.79 Å². The molecule has 2 fully saturated rings. The SMILES string of the molecule is CC(C)(C)OC(=O)N1CCCCCC1C1CNC1. The first-order valence-electron chi connectivity index (χ1n) is 7.18. The highest BCUT2D eigenvalue weighted by molar-refractivity contribution is 5.68. The van der Waals surface area contributed by atoms with Gasteiger partial charge in [0.15, 0.2) is 0 Å². The average molecular weight is 254 g/mol. The highest BCUT2D eigenvalue weighted by Crippen LogP contribution is 2.26. The average Bonchev–Trinajstić information content (AvgIpc) is 2.38. The van der Waals surface area contributed by atoms with E-state index < -0.39 is 5.60 Å². The van der Waals surface area contributed by atoms with Crippen LogP contribution in [0.15, 0.2) is 0 Å². The van der Waals surface area contributed by atoms with E-state index in [2.05, 4.69) is 5.32 Å². The zero-order valence-electron chi connectivity index (χ0n) is 11.9. The lowest BCUT2D eigenvalue weighted by Gasteiger charge is -2.41. The van der Waals surface area contributed by atoms with Crippen molar-refractivity contribution in [2.75, 3.05) is 19.6 Å². The van der Waals surface area contributed by atoms with Crippen molar-refractivity contribution in [1.82, 2.24) is 10.2 Å². The number of nitrogens with zero attached hydrogens (tertiary/aromatic N) is 1. The van der Waals surface area contributed by atoms with Crippen molar-refractivity contribution in [1.29, 1.82) is 0 Å². The Labute approximate surface area is 110 Å². The third kappa shape index (κ3) is 3.37. The first kappa shape index (κ1) is 13.7. The van der Waals surface area contributed by atoms with E-state index in [1.165, 1.54) is 12.8 Å². The van der Waals surface area contributed by atoms with Gasteiger partial charge in [-0.05, 0) is 33.6 Å². The second-order valence-corrected chi connectivity index (χ2v) is 6.51. The van der Waals surface area contributed by atoms with Crippen LogP contribution in [-0.4, -0.2) is 42.3 Å². The van der Waals surface area contributed by atoms with Crippen molar-refractivity contribution < 1.29 is 9.53 Å². The van der Waals surface area contributed by atoms with E-state index in [1.807, 2.05) is 25.7 Å². The first-order chi connectivity index (χ1) is 8.47. The Hall–Kier alpha value is -0.770. The van der Waals surface area contributed by atoms with Gasteiger partial charge < -0.3 is 15.0 Å². The van der Waals surface area contributed by atoms with Crippen LogP contribution in [0.4, 0.5) is 4.79 Å². The fraction of sp³-hybridized carbons (Fsp3) is 0.929. The van der Waals surface area contributed by atoms with Gasteiger partial charge >= 0.3 is 6.09 Å². The summed E-state index contributed by atoms with van der Waals surface area (Å²) in [6.07, 6.45) is 4.58. The number of hydrogen-bond donors (Lipinski definition) is 1. The highest BCUT2D eigenvalue weighted by Gasteiger charge is 2.36. The predicted molar refractivity (Wildman–Crippen MR) is 71.6 cm³/mol. The van der Waals surface area contributed by atoms with Crippen LogP contribution in [0.3, 0.4) is 0 Å². The Morgan fingerprint density at radius 2 is 1.94 bits per heavy atom. The number of rotatable bonds is 1. The number of amides is 1. The van der Waals surface area contributed by atoms with Crippen molar-refractivity contribution in [3.8, 4) is 0 Å². The largest absolute Gasteiger partial charge is 0.444 e. The van der Waals surface area contributed by atoms with E-state index in [1.54, 1.807) is 0 Å². The standard InChI is InChI=1S/C14H26N2O2/c1-14(2,3)18-13(17)16-8-6-4-5-7-12(16)11-9-15-10-11/h11-12,15H,4-10H2,1-3H3. The van der Waals surface area contributed by atoms with Crippen LogP contribution in [0.2, 0.25) is 0 Å². The summed E-state index contributed by atoms with van der Waals surface area (Å²) in [5.41, 5.74) is -0.397. The molecule has 4 heteroatoms. The maximum Gasteiger partial charge on any atom is 0.410 e. The molecule has 1 amide bonds. The monoisotopic (exact) mass is 254 g/mol. The lowest BCUT2D eigenvalue weighted by Crippen LogP contribution is -2.56. The Morgan fingerprint density at radius 1 is 1.22 bits per heavy atom. The van der Waals surface area contributed by atoms with E-state index in [4.69, 9.17) is 4.74 Å². The molecule has 2 aliphatic heterocycles. The first-order valence-corrected chi connectivity index (χ1v) is 7.18. The molecule has 18 heavy (non-hydrogen) atoms. The van der Waals surface area contributed by atoms with E-state index in [-0.39, 0.29) is 6.09 Å². The molecule has 0 spiro atoms. The molecule has 104 valence electrons. The normalized spacial score (nSPS) is 26.4. The summed E-state index contributed by atoms with van der Waals surface area (Å²) >= 11 is 0. The van der Waals surface area contributed by atoms with Crippen LogP contribution in [0.25, 0.3) is 0 Å². The molecule has 0 radical (unpaired) electrons. The van der Waals surface area contributed by atoms with Crippen LogP contribution in [-0.2, 0) is 4.74 Å². The van der Waals surface area contributed by atoms with E-state index >= 15 is 0 Å². The summed E-state index contributed by atoms with van der Waals surface area (Å²) < 4.78 is 5.55. The third-order valence-electron chi connectivity index (χ3n) is 3.78. The maximum atomic E-state index is 12.3. The fourth-order valence-corrected chi connectivity index (χ4v) is 2.75. The molecule has 2 heterocycles. The highest BCUT2D eigenvalue weighted by atomic mass is 16.6. The minimum atomic E-state index is -0.397. The zero-order chi connectivity index (χ0) is 13.2. The molecule has 0 aromatic carbocycles. The van der Waals surface area contributed by atoms with Crippen LogP contribution < -0.4 is 5.32 Å². The summed E-state index contributed by atoms with van der Waals surface area (Å²) in [5, 5.41) is 3.31. The molecule has 1 atom stereocenters. The van der Waals surface area contributed by atoms with Crippen LogP contribution in [0.1, 0.15) is 46.5 Å². The van der Waals surface area contributed by atoms with Gasteiger partial charge in [0.1, 0.15) is 5.60 Å². The number of carbonyl (C=O) groups excluding carboxylic acids is 1. The summed E-state index contributed by atoms with van der Waals surface area (Å²) in [4.78, 5) is 14.3. The lowest BCUT2D eigenvalue weighted by atomic mass is 9.90. The molecule has 2 saturated heterocycles. The molecular weight excluding hydrogens is 228 g/mol. The second-order valence-electron chi connectivity index (χ2n) is 6.51. The molecule has 0 aromatic heterocycles. The Bertz CT molecular complexity index is 295. The molecule has 1 N–H and O–H groups in total. The zero-order valence-corrected chi connectivity index (χ0v) is 11.9. The van der Waals surface area contributed by atoms with Gasteiger partial charge in [0.2, 0.25) is 0 Å². The summed E-state index contributed by atoms with van der Waals surface area (Å²) in [6.45, 7) is 8.75. The summed E-state index contributed by atoms with van der Waals surface area (Å²) in [7, 11) is 0. The van der Waals surface area contributed by atoms with Gasteiger partial charge in [0.05, 0.1) is 0 Å². The van der Waals surface area contributed by atoms with Crippen LogP contribution in [0.5, 0.6) is 0 Å². The van der Waals surface area contributed by atoms with Crippen LogP contribution in [0, 0.1) is 5.92 Å². The molecular formula is C14H26N2O2. The fourth-order valence-electron chi connectivity index (χ4n) is 2.75. The quantitative estimate of drug-likeness (QED) is 0.781. The number of likely N-dealkylation sites (tertiary alicyclic amines) is 1. The Kier molecular flexibility index (Phi) is 4.15. The molecule has 0 saturated carbocycles. The van der Waals surface area contributed by atoms with Crippen molar-refractivity contribution in [2.24, 2.45) is 5.92 Å². The maximum absolute atomic E-state index is 12.3. The number of nitrogens with one attached hydrogen (secondary N) is 1. The van der Waals surface area contributed by atoms with Gasteiger partial charge in [-0.15, -0.1) is 0 Å². The molecule has 4 nitrogen and oxygen atoms in total. The van der Waals surface area contributed by atoms with Gasteiger partial charge in [-0.3, -0.25) is 0 Å². The van der Waals surface area contributed by atoms with Gasteiger partial charge in [-0.25, -0.2) is 4.79 Å². The summed E-state index contributed by atoms with van der Waals surface area (Å²) in [5.74, 6) is 0.621. The minimum Gasteiger partial charge on any atom is -0.444 e. The molecule has 1 unspecified atom stereocenters. The topological polar surface area (TPSA) is 41.6 Å². The molecule has 2 rings (SSSR count). The third-order valence-corrected chi connectivity index (χ3v) is 3.78. The molecule has 0 aliphatic carbocycles. The molecule has 2 aliphatic rings.